The molecule has 2 rings (SSSR count). The number of aromatic nitrogens is 1. The first kappa shape index (κ1) is 18.4. The molecule has 0 saturated carbocycles. The summed E-state index contributed by atoms with van der Waals surface area (Å²) in [5.41, 5.74) is 7.21. The number of methoxy groups -OCH3 is 1. The van der Waals surface area contributed by atoms with Gasteiger partial charge in [0.25, 0.3) is 0 Å². The third-order valence-electron chi connectivity index (χ3n) is 2.98. The summed E-state index contributed by atoms with van der Waals surface area (Å²) in [6.07, 6.45) is -3.01. The Balaban J connectivity index is 1.87. The van der Waals surface area contributed by atoms with Gasteiger partial charge in [0, 0.05) is 18.0 Å². The molecule has 1 heterocycles. The molecule has 3 N–H and O–H groups in total. The van der Waals surface area contributed by atoms with Crippen molar-refractivity contribution in [3.63, 3.8) is 0 Å². The van der Waals surface area contributed by atoms with Gasteiger partial charge in [-0.2, -0.15) is 13.2 Å². The van der Waals surface area contributed by atoms with Crippen molar-refractivity contribution in [2.24, 2.45) is 10.7 Å². The molecule has 1 aromatic carbocycles. The molecule has 0 aliphatic heterocycles. The lowest BCUT2D eigenvalue weighted by Gasteiger charge is -2.08. The summed E-state index contributed by atoms with van der Waals surface area (Å²) in [5, 5.41) is 2.91. The van der Waals surface area contributed by atoms with E-state index in [0.717, 1.165) is 11.4 Å². The first-order valence-corrected chi connectivity index (χ1v) is 7.21. The predicted octanol–water partition coefficient (Wildman–Crippen LogP) is 2.96. The summed E-state index contributed by atoms with van der Waals surface area (Å²) in [5.74, 6) is 0.817. The van der Waals surface area contributed by atoms with Crippen molar-refractivity contribution < 1.29 is 22.6 Å². The number of rotatable bonds is 6. The van der Waals surface area contributed by atoms with Crippen molar-refractivity contribution in [2.45, 2.75) is 12.7 Å². The zero-order valence-corrected chi connectivity index (χ0v) is 13.4. The molecule has 0 aliphatic rings. The van der Waals surface area contributed by atoms with Gasteiger partial charge in [-0.3, -0.25) is 0 Å². The van der Waals surface area contributed by atoms with Crippen LogP contribution in [0.5, 0.6) is 11.6 Å². The highest BCUT2D eigenvalue weighted by atomic mass is 19.4. The summed E-state index contributed by atoms with van der Waals surface area (Å²) in [6.45, 7) is -1.15. The van der Waals surface area contributed by atoms with Crippen LogP contribution in [0.2, 0.25) is 0 Å². The topological polar surface area (TPSA) is 81.8 Å². The third-order valence-corrected chi connectivity index (χ3v) is 2.98. The Bertz CT molecular complexity index is 701. The number of halogens is 3. The Hall–Kier alpha value is -2.97. The molecule has 0 spiro atoms. The molecule has 0 bridgehead atoms. The highest BCUT2D eigenvalue weighted by molar-refractivity contribution is 5.92. The van der Waals surface area contributed by atoms with E-state index in [1.807, 2.05) is 0 Å². The molecule has 2 aromatic rings. The molecule has 0 aliphatic carbocycles. The van der Waals surface area contributed by atoms with E-state index in [9.17, 15) is 13.2 Å². The van der Waals surface area contributed by atoms with Crippen molar-refractivity contribution in [1.29, 1.82) is 0 Å². The number of nitrogens with two attached hydrogens (primary N) is 1. The molecule has 9 heteroatoms. The number of nitrogens with one attached hydrogen (secondary N) is 1. The van der Waals surface area contributed by atoms with Crippen LogP contribution in [-0.2, 0) is 6.54 Å². The molecule has 134 valence electrons. The lowest BCUT2D eigenvalue weighted by Crippen LogP contribution is -2.22. The smallest absolute Gasteiger partial charge is 0.422 e. The van der Waals surface area contributed by atoms with Gasteiger partial charge >= 0.3 is 6.18 Å². The van der Waals surface area contributed by atoms with Crippen molar-refractivity contribution in [1.82, 2.24) is 4.98 Å². The number of guanidine groups is 1. The van der Waals surface area contributed by atoms with Gasteiger partial charge in [0.1, 0.15) is 5.75 Å². The Kier molecular flexibility index (Phi) is 6.04. The standard InChI is InChI=1S/C16H17F3N4O2/c1-24-13-5-3-12(4-6-13)23-15(20)22-9-11-2-7-14(21-8-11)25-10-16(17,18)19/h2-8H,9-10H2,1H3,(H3,20,22,23). The second-order valence-electron chi connectivity index (χ2n) is 4.96. The zero-order chi connectivity index (χ0) is 18.3. The number of hydrogen-bond donors (Lipinski definition) is 2. The van der Waals surface area contributed by atoms with Crippen LogP contribution in [0.4, 0.5) is 18.9 Å². The van der Waals surface area contributed by atoms with E-state index in [4.69, 9.17) is 10.5 Å². The third kappa shape index (κ3) is 6.58. The number of nitrogens with zero attached hydrogens (tertiary/aromatic N) is 2. The number of ether oxygens (including phenoxy) is 2. The zero-order valence-electron chi connectivity index (χ0n) is 13.4. The first-order valence-electron chi connectivity index (χ1n) is 7.21. The maximum Gasteiger partial charge on any atom is 0.422 e. The molecular formula is C16H17F3N4O2. The minimum atomic E-state index is -4.40. The SMILES string of the molecule is COc1ccc(NC(N)=NCc2ccc(OCC(F)(F)F)nc2)cc1. The summed E-state index contributed by atoms with van der Waals surface area (Å²) in [4.78, 5) is 7.93. The van der Waals surface area contributed by atoms with Crippen LogP contribution in [0.3, 0.4) is 0 Å². The quantitative estimate of drug-likeness (QED) is 0.616. The van der Waals surface area contributed by atoms with Crippen LogP contribution in [-0.4, -0.2) is 30.8 Å². The van der Waals surface area contributed by atoms with Crippen molar-refractivity contribution >= 4 is 11.6 Å². The van der Waals surface area contributed by atoms with Gasteiger partial charge in [0.05, 0.1) is 13.7 Å². The normalized spacial score (nSPS) is 11.9. The lowest BCUT2D eigenvalue weighted by molar-refractivity contribution is -0.154. The van der Waals surface area contributed by atoms with Gasteiger partial charge in [-0.05, 0) is 29.8 Å². The number of pyridine rings is 1. The average molecular weight is 354 g/mol. The molecule has 0 radical (unpaired) electrons. The highest BCUT2D eigenvalue weighted by Crippen LogP contribution is 2.17. The Morgan fingerprint density at radius 1 is 1.20 bits per heavy atom. The van der Waals surface area contributed by atoms with Gasteiger partial charge in [0.2, 0.25) is 5.88 Å². The van der Waals surface area contributed by atoms with Crippen LogP contribution >= 0.6 is 0 Å². The largest absolute Gasteiger partial charge is 0.497 e. The summed E-state index contributed by atoms with van der Waals surface area (Å²) in [6, 6.07) is 10.1. The molecule has 0 saturated heterocycles. The monoisotopic (exact) mass is 354 g/mol. The Morgan fingerprint density at radius 2 is 1.92 bits per heavy atom. The van der Waals surface area contributed by atoms with Crippen LogP contribution in [0.15, 0.2) is 47.6 Å². The molecule has 25 heavy (non-hydrogen) atoms. The number of alkyl halides is 3. The van der Waals surface area contributed by atoms with Gasteiger partial charge < -0.3 is 20.5 Å². The summed E-state index contributed by atoms with van der Waals surface area (Å²) >= 11 is 0. The van der Waals surface area contributed by atoms with Gasteiger partial charge in [-0.15, -0.1) is 0 Å². The minimum absolute atomic E-state index is 0.102. The van der Waals surface area contributed by atoms with Gasteiger partial charge in [-0.1, -0.05) is 6.07 Å². The van der Waals surface area contributed by atoms with E-state index in [2.05, 4.69) is 20.0 Å². The van der Waals surface area contributed by atoms with E-state index in [0.29, 0.717) is 5.56 Å². The maximum absolute atomic E-state index is 12.1. The van der Waals surface area contributed by atoms with Gasteiger partial charge in [0.15, 0.2) is 12.6 Å². The second-order valence-corrected chi connectivity index (χ2v) is 4.96. The molecule has 0 amide bonds. The predicted molar refractivity (Wildman–Crippen MR) is 87.7 cm³/mol. The molecule has 0 unspecified atom stereocenters. The van der Waals surface area contributed by atoms with Crippen LogP contribution in [0.1, 0.15) is 5.56 Å². The molecule has 0 atom stereocenters. The van der Waals surface area contributed by atoms with Crippen molar-refractivity contribution in [3.05, 3.63) is 48.2 Å². The average Bonchev–Trinajstić information content (AvgIpc) is 2.59. The molecule has 0 fully saturated rings. The number of anilines is 1. The summed E-state index contributed by atoms with van der Waals surface area (Å²) < 4.78 is 45.7. The number of aliphatic imine (C=N–C) groups is 1. The Labute approximate surface area is 142 Å². The first-order chi connectivity index (χ1) is 11.9. The fourth-order valence-corrected chi connectivity index (χ4v) is 1.78. The van der Waals surface area contributed by atoms with Crippen LogP contribution in [0, 0.1) is 0 Å². The van der Waals surface area contributed by atoms with Crippen LogP contribution < -0.4 is 20.5 Å². The Morgan fingerprint density at radius 3 is 2.48 bits per heavy atom. The molecule has 1 aromatic heterocycles. The van der Waals surface area contributed by atoms with Crippen molar-refractivity contribution in [2.75, 3.05) is 19.0 Å². The fourth-order valence-electron chi connectivity index (χ4n) is 1.78. The van der Waals surface area contributed by atoms with E-state index >= 15 is 0 Å². The second kappa shape index (κ2) is 8.22. The summed E-state index contributed by atoms with van der Waals surface area (Å²) in [7, 11) is 1.58. The number of benzene rings is 1. The fraction of sp³-hybridized carbons (Fsp3) is 0.250. The lowest BCUT2D eigenvalue weighted by atomic mass is 10.3. The van der Waals surface area contributed by atoms with Crippen molar-refractivity contribution in [3.8, 4) is 11.6 Å². The molecule has 6 nitrogen and oxygen atoms in total. The van der Waals surface area contributed by atoms with Gasteiger partial charge in [-0.25, -0.2) is 9.98 Å². The van der Waals surface area contributed by atoms with E-state index in [-0.39, 0.29) is 18.4 Å². The minimum Gasteiger partial charge on any atom is -0.497 e. The van der Waals surface area contributed by atoms with Crippen LogP contribution in [0.25, 0.3) is 0 Å². The maximum atomic E-state index is 12.1. The van der Waals surface area contributed by atoms with E-state index in [1.54, 1.807) is 37.4 Å². The molecular weight excluding hydrogens is 337 g/mol. The van der Waals surface area contributed by atoms with E-state index in [1.165, 1.54) is 12.3 Å². The van der Waals surface area contributed by atoms with E-state index < -0.39 is 12.8 Å². The number of hydrogen-bond acceptors (Lipinski definition) is 4. The highest BCUT2D eigenvalue weighted by Gasteiger charge is 2.28.